The van der Waals surface area contributed by atoms with Gasteiger partial charge in [-0.25, -0.2) is 4.39 Å². The van der Waals surface area contributed by atoms with Crippen LogP contribution in [0.25, 0.3) is 0 Å². The van der Waals surface area contributed by atoms with Gasteiger partial charge in [0.2, 0.25) is 0 Å². The van der Waals surface area contributed by atoms with E-state index in [1.807, 2.05) is 6.92 Å². The Balaban J connectivity index is 2.67. The van der Waals surface area contributed by atoms with Crippen molar-refractivity contribution in [2.75, 3.05) is 13.2 Å². The third kappa shape index (κ3) is 4.30. The van der Waals surface area contributed by atoms with Gasteiger partial charge in [0.1, 0.15) is 18.2 Å². The van der Waals surface area contributed by atoms with Crippen LogP contribution in [-0.2, 0) is 0 Å². The van der Waals surface area contributed by atoms with Gasteiger partial charge in [-0.2, -0.15) is 0 Å². The number of benzene rings is 1. The van der Waals surface area contributed by atoms with Gasteiger partial charge in [-0.15, -0.1) is 0 Å². The van der Waals surface area contributed by atoms with E-state index in [-0.39, 0.29) is 17.3 Å². The summed E-state index contributed by atoms with van der Waals surface area (Å²) < 4.78 is 18.8. The molecule has 1 N–H and O–H groups in total. The van der Waals surface area contributed by atoms with Gasteiger partial charge in [-0.3, -0.25) is 0 Å². The molecule has 1 atom stereocenters. The van der Waals surface area contributed by atoms with Crippen LogP contribution in [0.1, 0.15) is 33.3 Å². The van der Waals surface area contributed by atoms with E-state index in [9.17, 15) is 4.39 Å². The van der Waals surface area contributed by atoms with Crippen LogP contribution < -0.4 is 10.1 Å². The normalized spacial score (nSPS) is 13.4. The van der Waals surface area contributed by atoms with Gasteiger partial charge in [-0.05, 0) is 42.6 Å². The highest BCUT2D eigenvalue weighted by molar-refractivity contribution is 5.32. The van der Waals surface area contributed by atoms with E-state index in [1.54, 1.807) is 6.07 Å². The molecule has 1 rings (SSSR count). The molecule has 0 saturated carbocycles. The van der Waals surface area contributed by atoms with Crippen LogP contribution in [0.2, 0.25) is 0 Å². The molecule has 0 aliphatic carbocycles. The smallest absolute Gasteiger partial charge is 0.123 e. The maximum absolute atomic E-state index is 13.0. The minimum Gasteiger partial charge on any atom is -0.492 e. The van der Waals surface area contributed by atoms with Crippen LogP contribution in [-0.4, -0.2) is 19.2 Å². The molecule has 0 aliphatic heterocycles. The Hall–Kier alpha value is -1.09. The predicted octanol–water partition coefficient (Wildman–Crippen LogP) is 3.54. The van der Waals surface area contributed by atoms with Crippen LogP contribution in [0.3, 0.4) is 0 Å². The van der Waals surface area contributed by atoms with Crippen molar-refractivity contribution in [2.24, 2.45) is 5.41 Å². The van der Waals surface area contributed by atoms with Crippen molar-refractivity contribution in [1.29, 1.82) is 0 Å². The molecular formula is C15H24FNO. The first-order chi connectivity index (χ1) is 8.34. The summed E-state index contributed by atoms with van der Waals surface area (Å²) in [5.74, 6) is 0.530. The van der Waals surface area contributed by atoms with Gasteiger partial charge in [0.25, 0.3) is 0 Å². The van der Waals surface area contributed by atoms with E-state index < -0.39 is 0 Å². The predicted molar refractivity (Wildman–Crippen MR) is 73.6 cm³/mol. The van der Waals surface area contributed by atoms with Crippen LogP contribution in [0, 0.1) is 18.2 Å². The second kappa shape index (κ2) is 6.19. The van der Waals surface area contributed by atoms with Crippen molar-refractivity contribution >= 4 is 0 Å². The van der Waals surface area contributed by atoms with Gasteiger partial charge in [0, 0.05) is 6.04 Å². The lowest BCUT2D eigenvalue weighted by Crippen LogP contribution is -2.44. The molecule has 0 spiro atoms. The highest BCUT2D eigenvalue weighted by Gasteiger charge is 2.24. The average molecular weight is 253 g/mol. The summed E-state index contributed by atoms with van der Waals surface area (Å²) in [6, 6.07) is 4.89. The van der Waals surface area contributed by atoms with Crippen molar-refractivity contribution in [3.63, 3.8) is 0 Å². The Morgan fingerprint density at radius 3 is 2.50 bits per heavy atom. The molecule has 0 saturated heterocycles. The van der Waals surface area contributed by atoms with Crippen LogP contribution in [0.5, 0.6) is 5.75 Å². The lowest BCUT2D eigenvalue weighted by atomic mass is 9.87. The van der Waals surface area contributed by atoms with Crippen molar-refractivity contribution in [3.8, 4) is 5.75 Å². The zero-order chi connectivity index (χ0) is 13.8. The van der Waals surface area contributed by atoms with Crippen molar-refractivity contribution in [3.05, 3.63) is 29.6 Å². The molecule has 0 aromatic heterocycles. The van der Waals surface area contributed by atoms with E-state index in [0.29, 0.717) is 6.61 Å². The molecule has 0 fully saturated rings. The van der Waals surface area contributed by atoms with E-state index in [1.165, 1.54) is 12.1 Å². The number of rotatable bonds is 5. The molecule has 2 nitrogen and oxygen atoms in total. The summed E-state index contributed by atoms with van der Waals surface area (Å²) in [6.45, 7) is 12.0. The monoisotopic (exact) mass is 253 g/mol. The molecule has 18 heavy (non-hydrogen) atoms. The van der Waals surface area contributed by atoms with E-state index in [4.69, 9.17) is 4.74 Å². The molecule has 1 aromatic carbocycles. The standard InChI is InChI=1S/C15H24FNO/c1-6-17-14(15(3,4)5)10-18-13-8-7-12(16)9-11(13)2/h7-9,14,17H,6,10H2,1-5H3. The Morgan fingerprint density at radius 2 is 2.00 bits per heavy atom. The van der Waals surface area contributed by atoms with Gasteiger partial charge < -0.3 is 10.1 Å². The molecule has 102 valence electrons. The number of hydrogen-bond acceptors (Lipinski definition) is 2. The van der Waals surface area contributed by atoms with Crippen molar-refractivity contribution in [1.82, 2.24) is 5.32 Å². The quantitative estimate of drug-likeness (QED) is 0.866. The first-order valence-electron chi connectivity index (χ1n) is 6.47. The number of nitrogens with one attached hydrogen (secondary N) is 1. The third-order valence-electron chi connectivity index (χ3n) is 3.04. The number of likely N-dealkylation sites (N-methyl/N-ethyl adjacent to an activating group) is 1. The van der Waals surface area contributed by atoms with Crippen LogP contribution in [0.15, 0.2) is 18.2 Å². The van der Waals surface area contributed by atoms with E-state index >= 15 is 0 Å². The first kappa shape index (κ1) is 15.0. The summed E-state index contributed by atoms with van der Waals surface area (Å²) in [5, 5.41) is 3.42. The Morgan fingerprint density at radius 1 is 1.33 bits per heavy atom. The third-order valence-corrected chi connectivity index (χ3v) is 3.04. The van der Waals surface area contributed by atoms with E-state index in [2.05, 4.69) is 33.0 Å². The highest BCUT2D eigenvalue weighted by Crippen LogP contribution is 2.23. The molecule has 0 amide bonds. The maximum atomic E-state index is 13.0. The number of hydrogen-bond donors (Lipinski definition) is 1. The summed E-state index contributed by atoms with van der Waals surface area (Å²) >= 11 is 0. The summed E-state index contributed by atoms with van der Waals surface area (Å²) in [6.07, 6.45) is 0. The summed E-state index contributed by atoms with van der Waals surface area (Å²) in [5.41, 5.74) is 0.961. The van der Waals surface area contributed by atoms with Crippen LogP contribution >= 0.6 is 0 Å². The Kier molecular flexibility index (Phi) is 5.15. The highest BCUT2D eigenvalue weighted by atomic mass is 19.1. The van der Waals surface area contributed by atoms with Crippen molar-refractivity contribution in [2.45, 2.75) is 40.7 Å². The van der Waals surface area contributed by atoms with Gasteiger partial charge in [-0.1, -0.05) is 27.7 Å². The largest absolute Gasteiger partial charge is 0.492 e. The first-order valence-corrected chi connectivity index (χ1v) is 6.47. The topological polar surface area (TPSA) is 21.3 Å². The van der Waals surface area contributed by atoms with Gasteiger partial charge in [0.15, 0.2) is 0 Å². The van der Waals surface area contributed by atoms with Gasteiger partial charge >= 0.3 is 0 Å². The maximum Gasteiger partial charge on any atom is 0.123 e. The fourth-order valence-corrected chi connectivity index (χ4v) is 1.81. The second-order valence-electron chi connectivity index (χ2n) is 5.70. The summed E-state index contributed by atoms with van der Waals surface area (Å²) in [7, 11) is 0. The molecule has 3 heteroatoms. The zero-order valence-electron chi connectivity index (χ0n) is 12.0. The molecule has 0 radical (unpaired) electrons. The molecule has 0 aliphatic rings. The minimum atomic E-state index is -0.223. The molecular weight excluding hydrogens is 229 g/mol. The summed E-state index contributed by atoms with van der Waals surface area (Å²) in [4.78, 5) is 0. The van der Waals surface area contributed by atoms with Gasteiger partial charge in [0.05, 0.1) is 0 Å². The van der Waals surface area contributed by atoms with E-state index in [0.717, 1.165) is 17.9 Å². The number of ether oxygens (including phenoxy) is 1. The fourth-order valence-electron chi connectivity index (χ4n) is 1.81. The van der Waals surface area contributed by atoms with Crippen LogP contribution in [0.4, 0.5) is 4.39 Å². The Bertz CT molecular complexity index is 385. The molecule has 0 bridgehead atoms. The lowest BCUT2D eigenvalue weighted by Gasteiger charge is -2.31. The second-order valence-corrected chi connectivity index (χ2v) is 5.70. The average Bonchev–Trinajstić information content (AvgIpc) is 2.24. The SMILES string of the molecule is CCNC(COc1ccc(F)cc1C)C(C)(C)C. The minimum absolute atomic E-state index is 0.129. The lowest BCUT2D eigenvalue weighted by molar-refractivity contribution is 0.175. The number of aryl methyl sites for hydroxylation is 1. The molecule has 1 unspecified atom stereocenters. The molecule has 1 aromatic rings. The fraction of sp³-hybridized carbons (Fsp3) is 0.600. The zero-order valence-corrected chi connectivity index (χ0v) is 12.0. The molecule has 0 heterocycles. The van der Waals surface area contributed by atoms with Crippen molar-refractivity contribution < 1.29 is 9.13 Å². The number of halogens is 1. The Labute approximate surface area is 110 Å².